The quantitative estimate of drug-likeness (QED) is 0.265. The van der Waals surface area contributed by atoms with E-state index in [0.717, 1.165) is 29.2 Å². The Bertz CT molecular complexity index is 1450. The van der Waals surface area contributed by atoms with Crippen LogP contribution in [0.5, 0.6) is 0 Å². The lowest BCUT2D eigenvalue weighted by Gasteiger charge is -2.48. The molecule has 0 unspecified atom stereocenters. The third-order valence-corrected chi connectivity index (χ3v) is 9.16. The number of carbonyl (C=O) groups is 2. The van der Waals surface area contributed by atoms with Crippen molar-refractivity contribution in [3.05, 3.63) is 64.2 Å². The first-order chi connectivity index (χ1) is 19.1. The molecule has 0 aromatic heterocycles. The van der Waals surface area contributed by atoms with Gasteiger partial charge in [-0.15, -0.1) is 0 Å². The second-order valence-corrected chi connectivity index (χ2v) is 12.9. The molecular weight excluding hydrogens is 562 g/mol. The summed E-state index contributed by atoms with van der Waals surface area (Å²) in [7, 11) is -4.50. The largest absolute Gasteiger partial charge is 0.460 e. The molecule has 2 saturated heterocycles. The lowest BCUT2D eigenvalue weighted by Crippen LogP contribution is -2.65. The van der Waals surface area contributed by atoms with Crippen LogP contribution in [0.4, 0.5) is 20.2 Å². The number of ether oxygens (including phenoxy) is 1. The van der Waals surface area contributed by atoms with Gasteiger partial charge in [-0.2, -0.15) is 0 Å². The number of hydrogen-bond acceptors (Lipinski definition) is 8. The number of benzene rings is 2. The average Bonchev–Trinajstić information content (AvgIpc) is 3.28. The predicted molar refractivity (Wildman–Crippen MR) is 144 cm³/mol. The van der Waals surface area contributed by atoms with Crippen LogP contribution in [0, 0.1) is 33.6 Å². The molecule has 2 heterocycles. The fraction of sp³-hybridized carbons (Fsp3) is 0.481. The number of cyclic esters (lactones) is 1. The molecule has 0 bridgehead atoms. The SMILES string of the molecule is CC(C)[C@@H]1C[C@@H]([C@H](CN2CC(=O)N(c3c(F)cccc3F)CC2(C)C)NS(=O)(=O)c2ccccc2[N+](=O)[O-])OC1=O. The van der Waals surface area contributed by atoms with Crippen molar-refractivity contribution in [2.24, 2.45) is 11.8 Å². The second kappa shape index (κ2) is 11.4. The highest BCUT2D eigenvalue weighted by molar-refractivity contribution is 7.89. The molecule has 14 heteroatoms. The van der Waals surface area contributed by atoms with Gasteiger partial charge >= 0.3 is 5.97 Å². The minimum atomic E-state index is -4.50. The van der Waals surface area contributed by atoms with Crippen LogP contribution in [0.1, 0.15) is 34.1 Å². The molecule has 0 aliphatic carbocycles. The minimum Gasteiger partial charge on any atom is -0.460 e. The van der Waals surface area contributed by atoms with Crippen molar-refractivity contribution < 1.29 is 36.4 Å². The van der Waals surface area contributed by atoms with E-state index in [1.165, 1.54) is 18.2 Å². The van der Waals surface area contributed by atoms with E-state index in [1.807, 2.05) is 13.8 Å². The summed E-state index contributed by atoms with van der Waals surface area (Å²) in [6, 6.07) is 7.06. The third-order valence-electron chi connectivity index (χ3n) is 7.62. The summed E-state index contributed by atoms with van der Waals surface area (Å²) < 4.78 is 64.1. The van der Waals surface area contributed by atoms with Crippen molar-refractivity contribution in [3.8, 4) is 0 Å². The molecule has 41 heavy (non-hydrogen) atoms. The number of esters is 1. The van der Waals surface area contributed by atoms with E-state index < -0.39 is 78.3 Å². The number of nitro groups is 1. The molecule has 2 aromatic rings. The number of halogens is 2. The minimum absolute atomic E-state index is 0.0859. The summed E-state index contributed by atoms with van der Waals surface area (Å²) in [6.07, 6.45) is -0.740. The smallest absolute Gasteiger partial charge is 0.309 e. The van der Waals surface area contributed by atoms with Crippen molar-refractivity contribution in [3.63, 3.8) is 0 Å². The number of nitrogens with one attached hydrogen (secondary N) is 1. The maximum Gasteiger partial charge on any atom is 0.309 e. The number of para-hydroxylation sites is 2. The van der Waals surface area contributed by atoms with Crippen molar-refractivity contribution in [2.75, 3.05) is 24.5 Å². The van der Waals surface area contributed by atoms with E-state index in [9.17, 15) is 36.9 Å². The van der Waals surface area contributed by atoms with E-state index in [0.29, 0.717) is 0 Å². The maximum atomic E-state index is 14.5. The molecule has 4 rings (SSSR count). The zero-order chi connectivity index (χ0) is 30.3. The predicted octanol–water partition coefficient (Wildman–Crippen LogP) is 3.24. The molecule has 1 N–H and O–H groups in total. The zero-order valence-corrected chi connectivity index (χ0v) is 23.9. The highest BCUT2D eigenvalue weighted by atomic mass is 32.2. The molecule has 222 valence electrons. The fourth-order valence-corrected chi connectivity index (χ4v) is 6.72. The van der Waals surface area contributed by atoms with E-state index in [-0.39, 0.29) is 32.0 Å². The topological polar surface area (TPSA) is 139 Å². The van der Waals surface area contributed by atoms with Crippen LogP contribution in [0.15, 0.2) is 47.4 Å². The molecule has 3 atom stereocenters. The Morgan fingerprint density at radius 3 is 2.34 bits per heavy atom. The van der Waals surface area contributed by atoms with Gasteiger partial charge in [0.25, 0.3) is 5.69 Å². The monoisotopic (exact) mass is 594 g/mol. The number of piperazine rings is 1. The summed E-state index contributed by atoms with van der Waals surface area (Å²) in [5, 5.41) is 11.5. The molecule has 2 aliphatic heterocycles. The number of amides is 1. The molecular formula is C27H32F2N4O7S. The van der Waals surface area contributed by atoms with Gasteiger partial charge in [0.1, 0.15) is 23.4 Å². The number of hydrogen-bond donors (Lipinski definition) is 1. The van der Waals surface area contributed by atoms with Gasteiger partial charge in [0.05, 0.1) is 23.4 Å². The standard InChI is InChI=1S/C27H32F2N4O7S/c1-16(2)17-12-22(40-26(17)35)20(30-41(38,39)23-11-6-5-10-21(23)33(36)37)13-31-14-24(34)32(15-27(31,3)4)25-18(28)8-7-9-19(25)29/h5-11,16-17,20,22,30H,12-15H2,1-4H3/t17-,20-,22-/m0/s1. The Kier molecular flexibility index (Phi) is 8.48. The van der Waals surface area contributed by atoms with Gasteiger partial charge in [0, 0.05) is 24.7 Å². The molecule has 11 nitrogen and oxygen atoms in total. The van der Waals surface area contributed by atoms with Gasteiger partial charge in [0.2, 0.25) is 15.9 Å². The van der Waals surface area contributed by atoms with Crippen LogP contribution in [0.2, 0.25) is 0 Å². The highest BCUT2D eigenvalue weighted by Gasteiger charge is 2.46. The first-order valence-electron chi connectivity index (χ1n) is 13.1. The summed E-state index contributed by atoms with van der Waals surface area (Å²) in [5.74, 6) is -3.47. The number of nitrogens with zero attached hydrogens (tertiary/aromatic N) is 3. The molecule has 2 aliphatic rings. The summed E-state index contributed by atoms with van der Waals surface area (Å²) in [5.41, 5.74) is -2.01. The van der Waals surface area contributed by atoms with Crippen LogP contribution in [0.25, 0.3) is 0 Å². The first-order valence-corrected chi connectivity index (χ1v) is 14.6. The summed E-state index contributed by atoms with van der Waals surface area (Å²) in [6.45, 7) is 6.57. The second-order valence-electron chi connectivity index (χ2n) is 11.3. The van der Waals surface area contributed by atoms with Gasteiger partial charge in [0.15, 0.2) is 4.90 Å². The van der Waals surface area contributed by atoms with E-state index in [2.05, 4.69) is 4.72 Å². The van der Waals surface area contributed by atoms with Crippen molar-refractivity contribution >= 4 is 33.3 Å². The maximum absolute atomic E-state index is 14.5. The lowest BCUT2D eigenvalue weighted by atomic mass is 9.90. The number of rotatable bonds is 9. The van der Waals surface area contributed by atoms with Crippen LogP contribution in [-0.2, 0) is 24.3 Å². The van der Waals surface area contributed by atoms with Gasteiger partial charge in [-0.1, -0.05) is 32.0 Å². The van der Waals surface area contributed by atoms with Gasteiger partial charge in [-0.05, 0) is 44.4 Å². The Labute approximate surface area is 236 Å². The van der Waals surface area contributed by atoms with Gasteiger partial charge in [-0.25, -0.2) is 21.9 Å². The molecule has 0 radical (unpaired) electrons. The zero-order valence-electron chi connectivity index (χ0n) is 23.0. The van der Waals surface area contributed by atoms with Crippen LogP contribution in [-0.4, -0.2) is 67.4 Å². The molecule has 1 amide bonds. The molecule has 0 saturated carbocycles. The number of nitro benzene ring substituents is 1. The Hall–Kier alpha value is -3.49. The first kappa shape index (κ1) is 30.5. The van der Waals surface area contributed by atoms with E-state index >= 15 is 0 Å². The summed E-state index contributed by atoms with van der Waals surface area (Å²) >= 11 is 0. The van der Waals surface area contributed by atoms with Crippen LogP contribution < -0.4 is 9.62 Å². The van der Waals surface area contributed by atoms with Gasteiger partial charge in [-0.3, -0.25) is 24.6 Å². The Morgan fingerprint density at radius 2 is 1.76 bits per heavy atom. The van der Waals surface area contributed by atoms with Crippen LogP contribution >= 0.6 is 0 Å². The van der Waals surface area contributed by atoms with Crippen molar-refractivity contribution in [2.45, 2.75) is 56.7 Å². The molecule has 0 spiro atoms. The lowest BCUT2D eigenvalue weighted by molar-refractivity contribution is -0.387. The van der Waals surface area contributed by atoms with Gasteiger partial charge < -0.3 is 9.64 Å². The Morgan fingerprint density at radius 1 is 1.12 bits per heavy atom. The van der Waals surface area contributed by atoms with Crippen LogP contribution in [0.3, 0.4) is 0 Å². The summed E-state index contributed by atoms with van der Waals surface area (Å²) in [4.78, 5) is 38.6. The van der Waals surface area contributed by atoms with E-state index in [4.69, 9.17) is 4.74 Å². The Balaban J connectivity index is 1.66. The normalized spacial score (nSPS) is 22.2. The number of carbonyl (C=O) groups excluding carboxylic acids is 2. The van der Waals surface area contributed by atoms with Crippen molar-refractivity contribution in [1.29, 1.82) is 0 Å². The van der Waals surface area contributed by atoms with Crippen molar-refractivity contribution in [1.82, 2.24) is 9.62 Å². The van der Waals surface area contributed by atoms with E-state index in [1.54, 1.807) is 18.7 Å². The molecule has 2 fully saturated rings. The average molecular weight is 595 g/mol. The highest BCUT2D eigenvalue weighted by Crippen LogP contribution is 2.34. The fourth-order valence-electron chi connectivity index (χ4n) is 5.29. The molecule has 2 aromatic carbocycles. The number of anilines is 1. The third kappa shape index (κ3) is 6.23. The number of sulfonamides is 1.